The number of rotatable bonds is 6. The molecule has 1 fully saturated rings. The Morgan fingerprint density at radius 3 is 2.89 bits per heavy atom. The first kappa shape index (κ1) is 13.8. The van der Waals surface area contributed by atoms with E-state index in [9.17, 15) is 9.18 Å². The first-order valence-corrected chi connectivity index (χ1v) is 6.35. The van der Waals surface area contributed by atoms with E-state index in [0.717, 1.165) is 12.8 Å². The zero-order chi connectivity index (χ0) is 13.9. The van der Waals surface area contributed by atoms with E-state index in [4.69, 9.17) is 9.84 Å². The molecule has 0 radical (unpaired) electrons. The van der Waals surface area contributed by atoms with Crippen molar-refractivity contribution in [2.75, 3.05) is 13.2 Å². The van der Waals surface area contributed by atoms with Crippen molar-refractivity contribution >= 4 is 5.91 Å². The fourth-order valence-corrected chi connectivity index (χ4v) is 1.78. The fraction of sp³-hybridized carbons (Fsp3) is 0.500. The molecule has 19 heavy (non-hydrogen) atoms. The molecule has 2 N–H and O–H groups in total. The summed E-state index contributed by atoms with van der Waals surface area (Å²) in [6.45, 7) is 2.16. The summed E-state index contributed by atoms with van der Waals surface area (Å²) < 4.78 is 18.3. The largest absolute Gasteiger partial charge is 0.481 e. The van der Waals surface area contributed by atoms with Crippen LogP contribution in [0.4, 0.5) is 4.39 Å². The zero-order valence-corrected chi connectivity index (χ0v) is 10.9. The lowest BCUT2D eigenvalue weighted by atomic mass is 10.1. The van der Waals surface area contributed by atoms with Crippen LogP contribution in [0.3, 0.4) is 0 Å². The van der Waals surface area contributed by atoms with Gasteiger partial charge in [-0.05, 0) is 31.9 Å². The molecule has 0 spiro atoms. The van der Waals surface area contributed by atoms with E-state index in [2.05, 4.69) is 5.32 Å². The lowest BCUT2D eigenvalue weighted by molar-refractivity contribution is -0.127. The number of aliphatic hydroxyl groups is 1. The fourth-order valence-electron chi connectivity index (χ4n) is 1.78. The molecule has 2 rings (SSSR count). The molecule has 0 saturated heterocycles. The molecule has 1 aliphatic rings. The van der Waals surface area contributed by atoms with Crippen molar-refractivity contribution < 1.29 is 19.0 Å². The summed E-state index contributed by atoms with van der Waals surface area (Å²) in [6, 6.07) is 5.68. The second-order valence-electron chi connectivity index (χ2n) is 5.09. The summed E-state index contributed by atoms with van der Waals surface area (Å²) in [5, 5.41) is 11.9. The number of hydrogen-bond acceptors (Lipinski definition) is 3. The number of carbonyl (C=O) groups excluding carboxylic acids is 1. The summed E-state index contributed by atoms with van der Waals surface area (Å²) in [4.78, 5) is 11.8. The molecule has 0 aromatic heterocycles. The van der Waals surface area contributed by atoms with Crippen molar-refractivity contribution in [1.29, 1.82) is 0 Å². The van der Waals surface area contributed by atoms with Gasteiger partial charge in [-0.25, -0.2) is 4.39 Å². The van der Waals surface area contributed by atoms with Crippen LogP contribution >= 0.6 is 0 Å². The molecule has 1 aromatic carbocycles. The van der Waals surface area contributed by atoms with Crippen LogP contribution in [0.5, 0.6) is 5.75 Å². The topological polar surface area (TPSA) is 58.6 Å². The number of carbonyl (C=O) groups is 1. The van der Waals surface area contributed by atoms with Crippen LogP contribution in [-0.4, -0.2) is 30.3 Å². The van der Waals surface area contributed by atoms with Crippen LogP contribution in [-0.2, 0) is 4.79 Å². The molecule has 1 aromatic rings. The maximum Gasteiger partial charge on any atom is 0.260 e. The average molecular weight is 267 g/mol. The van der Waals surface area contributed by atoms with Crippen LogP contribution in [0.2, 0.25) is 0 Å². The summed E-state index contributed by atoms with van der Waals surface area (Å²) in [5.74, 6) is -0.336. The average Bonchev–Trinajstić information content (AvgIpc) is 3.16. The van der Waals surface area contributed by atoms with Crippen LogP contribution in [0.1, 0.15) is 19.8 Å². The highest BCUT2D eigenvalue weighted by Crippen LogP contribution is 2.44. The molecule has 1 unspecified atom stereocenters. The van der Waals surface area contributed by atoms with Gasteiger partial charge in [0.05, 0.1) is 6.61 Å². The van der Waals surface area contributed by atoms with Crippen LogP contribution in [0.25, 0.3) is 0 Å². The summed E-state index contributed by atoms with van der Waals surface area (Å²) in [7, 11) is 0. The van der Waals surface area contributed by atoms with Crippen molar-refractivity contribution in [2.45, 2.75) is 25.9 Å². The van der Waals surface area contributed by atoms with E-state index in [1.54, 1.807) is 13.0 Å². The van der Waals surface area contributed by atoms with Crippen molar-refractivity contribution in [3.8, 4) is 5.75 Å². The van der Waals surface area contributed by atoms with Crippen LogP contribution in [0, 0.1) is 11.2 Å². The van der Waals surface area contributed by atoms with Crippen LogP contribution < -0.4 is 10.1 Å². The van der Waals surface area contributed by atoms with Gasteiger partial charge in [-0.1, -0.05) is 6.07 Å². The molecule has 1 atom stereocenters. The van der Waals surface area contributed by atoms with Gasteiger partial charge in [-0.2, -0.15) is 0 Å². The van der Waals surface area contributed by atoms with E-state index in [0.29, 0.717) is 12.3 Å². The van der Waals surface area contributed by atoms with Crippen molar-refractivity contribution in [3.63, 3.8) is 0 Å². The highest BCUT2D eigenvalue weighted by molar-refractivity contribution is 5.80. The second-order valence-corrected chi connectivity index (χ2v) is 5.09. The number of amides is 1. The lowest BCUT2D eigenvalue weighted by Crippen LogP contribution is -2.40. The van der Waals surface area contributed by atoms with Gasteiger partial charge < -0.3 is 15.2 Å². The normalized spacial score (nSPS) is 17.6. The standard InChI is InChI=1S/C14H18FNO3/c1-10(19-12-4-2-3-11(15)7-12)13(18)16-8-14(9-17)5-6-14/h2-4,7,10,17H,5-6,8-9H2,1H3,(H,16,18). The molecular weight excluding hydrogens is 249 g/mol. The highest BCUT2D eigenvalue weighted by Gasteiger charge is 2.42. The Morgan fingerprint density at radius 1 is 1.58 bits per heavy atom. The predicted octanol–water partition coefficient (Wildman–Crippen LogP) is 1.48. The minimum absolute atomic E-state index is 0.0897. The molecule has 0 heterocycles. The molecule has 1 saturated carbocycles. The van der Waals surface area contributed by atoms with Gasteiger partial charge in [0.15, 0.2) is 6.10 Å². The summed E-state index contributed by atoms with van der Waals surface area (Å²) >= 11 is 0. The first-order chi connectivity index (χ1) is 9.04. The van der Waals surface area contributed by atoms with E-state index >= 15 is 0 Å². The third-order valence-electron chi connectivity index (χ3n) is 3.41. The predicted molar refractivity (Wildman–Crippen MR) is 68.3 cm³/mol. The Bertz CT molecular complexity index is 460. The maximum absolute atomic E-state index is 13.0. The van der Waals surface area contributed by atoms with E-state index in [1.165, 1.54) is 18.2 Å². The highest BCUT2D eigenvalue weighted by atomic mass is 19.1. The van der Waals surface area contributed by atoms with E-state index < -0.39 is 11.9 Å². The molecule has 0 aliphatic heterocycles. The van der Waals surface area contributed by atoms with Crippen molar-refractivity contribution in [1.82, 2.24) is 5.32 Å². The Morgan fingerprint density at radius 2 is 2.32 bits per heavy atom. The molecule has 5 heteroatoms. The third kappa shape index (κ3) is 3.67. The van der Waals surface area contributed by atoms with Gasteiger partial charge in [0, 0.05) is 18.0 Å². The Labute approximate surface area is 111 Å². The lowest BCUT2D eigenvalue weighted by Gasteiger charge is -2.17. The second kappa shape index (κ2) is 5.57. The van der Waals surface area contributed by atoms with Gasteiger partial charge in [0.25, 0.3) is 5.91 Å². The maximum atomic E-state index is 13.0. The minimum Gasteiger partial charge on any atom is -0.481 e. The van der Waals surface area contributed by atoms with Gasteiger partial charge in [-0.3, -0.25) is 4.79 Å². The zero-order valence-electron chi connectivity index (χ0n) is 10.9. The van der Waals surface area contributed by atoms with Crippen molar-refractivity contribution in [2.24, 2.45) is 5.41 Å². The molecule has 1 amide bonds. The molecule has 4 nitrogen and oxygen atoms in total. The summed E-state index contributed by atoms with van der Waals surface area (Å²) in [6.07, 6.45) is 1.17. The van der Waals surface area contributed by atoms with E-state index in [1.807, 2.05) is 0 Å². The van der Waals surface area contributed by atoms with Gasteiger partial charge >= 0.3 is 0 Å². The molecular formula is C14H18FNO3. The van der Waals surface area contributed by atoms with E-state index in [-0.39, 0.29) is 17.9 Å². The minimum atomic E-state index is -0.698. The molecule has 1 aliphatic carbocycles. The van der Waals surface area contributed by atoms with Gasteiger partial charge in [-0.15, -0.1) is 0 Å². The van der Waals surface area contributed by atoms with Gasteiger partial charge in [0.2, 0.25) is 0 Å². The Hall–Kier alpha value is -1.62. The number of halogens is 1. The SMILES string of the molecule is CC(Oc1cccc(F)c1)C(=O)NCC1(CO)CC1. The van der Waals surface area contributed by atoms with Crippen molar-refractivity contribution in [3.05, 3.63) is 30.1 Å². The summed E-state index contributed by atoms with van der Waals surface area (Å²) in [5.41, 5.74) is -0.131. The monoisotopic (exact) mass is 267 g/mol. The Balaban J connectivity index is 1.82. The molecule has 104 valence electrons. The Kier molecular flexibility index (Phi) is 4.04. The smallest absolute Gasteiger partial charge is 0.260 e. The van der Waals surface area contributed by atoms with Crippen LogP contribution in [0.15, 0.2) is 24.3 Å². The number of aliphatic hydroxyl groups excluding tert-OH is 1. The number of nitrogens with one attached hydrogen (secondary N) is 1. The number of ether oxygens (including phenoxy) is 1. The number of hydrogen-bond donors (Lipinski definition) is 2. The number of benzene rings is 1. The first-order valence-electron chi connectivity index (χ1n) is 6.35. The third-order valence-corrected chi connectivity index (χ3v) is 3.41. The molecule has 0 bridgehead atoms. The quantitative estimate of drug-likeness (QED) is 0.821. The van der Waals surface area contributed by atoms with Gasteiger partial charge in [0.1, 0.15) is 11.6 Å².